The maximum atomic E-state index is 12.4. The summed E-state index contributed by atoms with van der Waals surface area (Å²) in [5.41, 5.74) is 4.80. The van der Waals surface area contributed by atoms with Gasteiger partial charge in [-0.1, -0.05) is 5.21 Å². The van der Waals surface area contributed by atoms with Crippen LogP contribution < -0.4 is 16.0 Å². The number of rotatable bonds is 5. The van der Waals surface area contributed by atoms with Gasteiger partial charge in [-0.15, -0.1) is 5.10 Å². The average Bonchev–Trinajstić information content (AvgIpc) is 3.24. The fourth-order valence-corrected chi connectivity index (χ4v) is 4.12. The number of nitrogens with zero attached hydrogens (tertiary/aromatic N) is 3. The van der Waals surface area contributed by atoms with Crippen molar-refractivity contribution in [3.05, 3.63) is 11.9 Å². The summed E-state index contributed by atoms with van der Waals surface area (Å²) >= 11 is 0. The molecule has 1 amide bonds. The second-order valence-electron chi connectivity index (χ2n) is 7.17. The molecule has 0 spiro atoms. The lowest BCUT2D eigenvalue weighted by molar-refractivity contribution is -0.945. The van der Waals surface area contributed by atoms with Gasteiger partial charge in [-0.05, 0) is 18.8 Å². The molecule has 4 heterocycles. The Morgan fingerprint density at radius 2 is 2.32 bits per heavy atom. The molecule has 7 heteroatoms. The second-order valence-corrected chi connectivity index (χ2v) is 7.17. The van der Waals surface area contributed by atoms with E-state index in [2.05, 4.69) is 21.4 Å². The molecule has 4 atom stereocenters. The molecule has 0 radical (unpaired) electrons. The van der Waals surface area contributed by atoms with Gasteiger partial charge >= 0.3 is 0 Å². The van der Waals surface area contributed by atoms with Crippen molar-refractivity contribution < 1.29 is 15.4 Å². The maximum absolute atomic E-state index is 12.4. The van der Waals surface area contributed by atoms with E-state index in [1.165, 1.54) is 25.8 Å². The molecule has 5 rings (SSSR count). The Balaban J connectivity index is 1.38. The van der Waals surface area contributed by atoms with E-state index >= 15 is 0 Å². The zero-order valence-electron chi connectivity index (χ0n) is 13.0. The van der Waals surface area contributed by atoms with Crippen molar-refractivity contribution in [3.63, 3.8) is 0 Å². The summed E-state index contributed by atoms with van der Waals surface area (Å²) in [6.45, 7) is 3.78. The number of hydrogen-bond donors (Lipinski definition) is 3. The van der Waals surface area contributed by atoms with E-state index in [1.54, 1.807) is 4.90 Å². The van der Waals surface area contributed by atoms with E-state index in [0.29, 0.717) is 30.5 Å². The van der Waals surface area contributed by atoms with Gasteiger partial charge in [0.2, 0.25) is 5.91 Å². The summed E-state index contributed by atoms with van der Waals surface area (Å²) in [4.78, 5) is 14.0. The average molecular weight is 306 g/mol. The molecule has 7 nitrogen and oxygen atoms in total. The highest BCUT2D eigenvalue weighted by Crippen LogP contribution is 2.29. The number of fused-ring (bicyclic) bond motifs is 3. The molecule has 1 aromatic heterocycles. The Kier molecular flexibility index (Phi) is 3.62. The van der Waals surface area contributed by atoms with Crippen LogP contribution in [-0.4, -0.2) is 46.1 Å². The number of hydrogen-bond acceptors (Lipinski definition) is 3. The zero-order chi connectivity index (χ0) is 15.1. The lowest BCUT2D eigenvalue weighted by atomic mass is 9.75. The molecule has 1 unspecified atom stereocenters. The topological polar surface area (TPSA) is 91.9 Å². The number of carbonyl (C=O) groups is 1. The van der Waals surface area contributed by atoms with Crippen LogP contribution in [0.4, 0.5) is 0 Å². The van der Waals surface area contributed by atoms with Crippen molar-refractivity contribution in [2.45, 2.75) is 50.9 Å². The number of piperidine rings is 3. The second kappa shape index (κ2) is 5.62. The minimum atomic E-state index is 0.228. The summed E-state index contributed by atoms with van der Waals surface area (Å²) in [5, 5.41) is 11.5. The molecule has 3 saturated heterocycles. The normalized spacial score (nSPS) is 33.9. The van der Waals surface area contributed by atoms with Crippen LogP contribution >= 0.6 is 0 Å². The van der Waals surface area contributed by atoms with E-state index in [4.69, 9.17) is 0 Å². The first-order chi connectivity index (χ1) is 10.7. The minimum absolute atomic E-state index is 0.228. The highest BCUT2D eigenvalue weighted by atomic mass is 16.2. The van der Waals surface area contributed by atoms with Crippen LogP contribution in [0, 0.1) is 11.8 Å². The molecule has 5 N–H and O–H groups in total. The Bertz CT molecular complexity index is 554. The standard InChI is InChI=1S/C15H24N6O/c16-6-12-7-21(19-18-12)8-13-5-10-3-4-20(13)9-14(10)15(22)17-11-1-2-11/h7,10-11,13-14H,1-6,8-9,16H2,(H,17,22)/p+2/t10-,13+,14-/m0/s1. The third-order valence-corrected chi connectivity index (χ3v) is 5.56. The van der Waals surface area contributed by atoms with Crippen molar-refractivity contribution in [2.75, 3.05) is 13.1 Å². The van der Waals surface area contributed by atoms with Gasteiger partial charge < -0.3 is 16.0 Å². The summed E-state index contributed by atoms with van der Waals surface area (Å²) in [6.07, 6.45) is 6.67. The Hall–Kier alpha value is -1.47. The van der Waals surface area contributed by atoms with Gasteiger partial charge in [0, 0.05) is 18.9 Å². The van der Waals surface area contributed by atoms with Gasteiger partial charge in [0.15, 0.2) is 0 Å². The molecule has 2 bridgehead atoms. The fourth-order valence-electron chi connectivity index (χ4n) is 4.12. The smallest absolute Gasteiger partial charge is 0.229 e. The summed E-state index contributed by atoms with van der Waals surface area (Å²) in [5.74, 6) is 1.09. The third-order valence-electron chi connectivity index (χ3n) is 5.56. The van der Waals surface area contributed by atoms with Gasteiger partial charge in [-0.3, -0.25) is 4.79 Å². The van der Waals surface area contributed by atoms with Crippen LogP contribution in [0.5, 0.6) is 0 Å². The maximum Gasteiger partial charge on any atom is 0.229 e. The zero-order valence-corrected chi connectivity index (χ0v) is 13.0. The molecule has 1 aliphatic carbocycles. The number of amides is 1. The molecule has 1 saturated carbocycles. The Morgan fingerprint density at radius 1 is 1.45 bits per heavy atom. The number of nitrogens with one attached hydrogen (secondary N) is 2. The van der Waals surface area contributed by atoms with Crippen LogP contribution in [0.1, 0.15) is 31.4 Å². The van der Waals surface area contributed by atoms with E-state index in [1.807, 2.05) is 10.9 Å². The highest BCUT2D eigenvalue weighted by molar-refractivity contribution is 5.79. The van der Waals surface area contributed by atoms with Crippen LogP contribution in [-0.2, 0) is 17.9 Å². The molecule has 0 aromatic carbocycles. The lowest BCUT2D eigenvalue weighted by Gasteiger charge is -2.46. The lowest BCUT2D eigenvalue weighted by Crippen LogP contribution is -3.20. The fraction of sp³-hybridized carbons (Fsp3) is 0.800. The van der Waals surface area contributed by atoms with Gasteiger partial charge in [0.05, 0.1) is 31.7 Å². The molecule has 4 aliphatic rings. The van der Waals surface area contributed by atoms with Crippen LogP contribution in [0.15, 0.2) is 6.20 Å². The van der Waals surface area contributed by atoms with Crippen molar-refractivity contribution >= 4 is 5.91 Å². The number of quaternary nitrogens is 2. The van der Waals surface area contributed by atoms with Crippen LogP contribution in [0.2, 0.25) is 0 Å². The summed E-state index contributed by atoms with van der Waals surface area (Å²) in [6, 6.07) is 1.05. The quantitative estimate of drug-likeness (QED) is 0.566. The monoisotopic (exact) mass is 306 g/mol. The molecular formula is C15H26N6O+2. The molecule has 3 aliphatic heterocycles. The minimum Gasteiger partial charge on any atom is -0.353 e. The first-order valence-corrected chi connectivity index (χ1v) is 8.56. The van der Waals surface area contributed by atoms with E-state index in [9.17, 15) is 4.79 Å². The predicted molar refractivity (Wildman–Crippen MR) is 78.5 cm³/mol. The first-order valence-electron chi connectivity index (χ1n) is 8.56. The van der Waals surface area contributed by atoms with Crippen molar-refractivity contribution in [2.24, 2.45) is 11.8 Å². The van der Waals surface area contributed by atoms with Crippen molar-refractivity contribution in [1.29, 1.82) is 0 Å². The molecule has 120 valence electrons. The number of aromatic nitrogens is 3. The SMILES string of the molecule is [NH3+]Cc1cn(C[C@H]2C[C@@H]3CC[NH+]2C[C@@H]3C(=O)NC2CC2)nn1. The van der Waals surface area contributed by atoms with Gasteiger partial charge in [-0.25, -0.2) is 4.68 Å². The van der Waals surface area contributed by atoms with E-state index in [-0.39, 0.29) is 5.92 Å². The molecule has 1 aromatic rings. The van der Waals surface area contributed by atoms with E-state index < -0.39 is 0 Å². The Morgan fingerprint density at radius 3 is 2.95 bits per heavy atom. The Labute approximate surface area is 130 Å². The van der Waals surface area contributed by atoms with Crippen molar-refractivity contribution in [1.82, 2.24) is 20.3 Å². The van der Waals surface area contributed by atoms with Gasteiger partial charge in [0.25, 0.3) is 0 Å². The van der Waals surface area contributed by atoms with Gasteiger partial charge in [0.1, 0.15) is 18.3 Å². The third kappa shape index (κ3) is 2.75. The largest absolute Gasteiger partial charge is 0.353 e. The number of carbonyl (C=O) groups excluding carboxylic acids is 1. The predicted octanol–water partition coefficient (Wildman–Crippen LogP) is -2.41. The highest BCUT2D eigenvalue weighted by Gasteiger charge is 2.47. The summed E-state index contributed by atoms with van der Waals surface area (Å²) < 4.78 is 1.96. The van der Waals surface area contributed by atoms with Crippen LogP contribution in [0.3, 0.4) is 0 Å². The molecule has 22 heavy (non-hydrogen) atoms. The van der Waals surface area contributed by atoms with Crippen LogP contribution in [0.25, 0.3) is 0 Å². The summed E-state index contributed by atoms with van der Waals surface area (Å²) in [7, 11) is 0. The van der Waals surface area contributed by atoms with Gasteiger partial charge in [-0.2, -0.15) is 0 Å². The molecular weight excluding hydrogens is 280 g/mol. The first kappa shape index (κ1) is 14.1. The van der Waals surface area contributed by atoms with E-state index in [0.717, 1.165) is 25.2 Å². The van der Waals surface area contributed by atoms with Crippen molar-refractivity contribution in [3.8, 4) is 0 Å². The molecule has 4 fully saturated rings.